The molecule has 0 aliphatic heterocycles. The van der Waals surface area contributed by atoms with Gasteiger partial charge in [0.25, 0.3) is 0 Å². The summed E-state index contributed by atoms with van der Waals surface area (Å²) in [6.45, 7) is 8.31. The maximum Gasteiger partial charge on any atom is 0.0141 e. The second-order valence-electron chi connectivity index (χ2n) is 6.88. The fourth-order valence-electron chi connectivity index (χ4n) is 3.66. The predicted octanol–water partition coefficient (Wildman–Crippen LogP) is 5.03. The van der Waals surface area contributed by atoms with E-state index in [1.54, 1.807) is 0 Å². The molecular formula is C18H28IN. The van der Waals surface area contributed by atoms with Crippen LogP contribution in [0, 0.1) is 14.9 Å². The first-order valence-electron chi connectivity index (χ1n) is 8.01. The molecule has 1 N–H and O–H groups in total. The summed E-state index contributed by atoms with van der Waals surface area (Å²) in [6.07, 6.45) is 6.56. The van der Waals surface area contributed by atoms with Gasteiger partial charge in [0, 0.05) is 9.61 Å². The van der Waals surface area contributed by atoms with Crippen LogP contribution in [0.25, 0.3) is 0 Å². The van der Waals surface area contributed by atoms with Crippen molar-refractivity contribution in [2.24, 2.45) is 11.3 Å². The van der Waals surface area contributed by atoms with Crippen LogP contribution < -0.4 is 5.32 Å². The topological polar surface area (TPSA) is 12.0 Å². The lowest BCUT2D eigenvalue weighted by Gasteiger charge is -2.35. The van der Waals surface area contributed by atoms with Crippen molar-refractivity contribution in [2.75, 3.05) is 6.54 Å². The number of halogens is 1. The van der Waals surface area contributed by atoms with Crippen molar-refractivity contribution < 1.29 is 0 Å². The molecule has 0 aromatic heterocycles. The zero-order valence-electron chi connectivity index (χ0n) is 13.1. The highest BCUT2D eigenvalue weighted by molar-refractivity contribution is 14.1. The smallest absolute Gasteiger partial charge is 0.0141 e. The number of benzene rings is 1. The largest absolute Gasteiger partial charge is 0.313 e. The van der Waals surface area contributed by atoms with Gasteiger partial charge >= 0.3 is 0 Å². The van der Waals surface area contributed by atoms with E-state index >= 15 is 0 Å². The molecule has 2 unspecified atom stereocenters. The molecular weight excluding hydrogens is 357 g/mol. The highest BCUT2D eigenvalue weighted by atomic mass is 127. The molecule has 1 aromatic carbocycles. The summed E-state index contributed by atoms with van der Waals surface area (Å²) in [5.74, 6) is 0.813. The van der Waals surface area contributed by atoms with E-state index in [-0.39, 0.29) is 0 Å². The summed E-state index contributed by atoms with van der Waals surface area (Å²) >= 11 is 2.38. The van der Waals surface area contributed by atoms with Crippen molar-refractivity contribution in [3.05, 3.63) is 33.4 Å². The highest BCUT2D eigenvalue weighted by Crippen LogP contribution is 2.44. The Hall–Kier alpha value is -0.0900. The molecule has 0 amide bonds. The monoisotopic (exact) mass is 385 g/mol. The lowest BCUT2D eigenvalue weighted by atomic mass is 9.76. The van der Waals surface area contributed by atoms with E-state index in [2.05, 4.69) is 72.9 Å². The minimum Gasteiger partial charge on any atom is -0.313 e. The van der Waals surface area contributed by atoms with Gasteiger partial charge in [0.1, 0.15) is 0 Å². The summed E-state index contributed by atoms with van der Waals surface area (Å²) < 4.78 is 1.32. The maximum absolute atomic E-state index is 3.83. The van der Waals surface area contributed by atoms with Gasteiger partial charge in [-0.2, -0.15) is 0 Å². The van der Waals surface area contributed by atoms with E-state index in [4.69, 9.17) is 0 Å². The minimum atomic E-state index is 0.495. The van der Waals surface area contributed by atoms with Gasteiger partial charge in [0.05, 0.1) is 0 Å². The lowest BCUT2D eigenvalue weighted by molar-refractivity contribution is 0.195. The normalized spacial score (nSPS) is 22.9. The lowest BCUT2D eigenvalue weighted by Crippen LogP contribution is -2.42. The van der Waals surface area contributed by atoms with Gasteiger partial charge in [0.15, 0.2) is 0 Å². The van der Waals surface area contributed by atoms with Crippen LogP contribution in [0.1, 0.15) is 52.0 Å². The van der Waals surface area contributed by atoms with Crippen molar-refractivity contribution >= 4 is 22.6 Å². The Balaban J connectivity index is 2.08. The first-order valence-corrected chi connectivity index (χ1v) is 9.08. The Bertz CT molecular complexity index is 410. The van der Waals surface area contributed by atoms with Crippen molar-refractivity contribution in [2.45, 2.75) is 58.9 Å². The average Bonchev–Trinajstić information content (AvgIpc) is 2.76. The van der Waals surface area contributed by atoms with Gasteiger partial charge in [-0.15, -0.1) is 0 Å². The van der Waals surface area contributed by atoms with Crippen LogP contribution in [0.2, 0.25) is 0 Å². The van der Waals surface area contributed by atoms with Crippen LogP contribution >= 0.6 is 22.6 Å². The second kappa shape index (κ2) is 7.26. The fraction of sp³-hybridized carbons (Fsp3) is 0.667. The number of nitrogens with one attached hydrogen (secondary N) is 1. The maximum atomic E-state index is 3.83. The molecule has 1 aliphatic rings. The zero-order chi connectivity index (χ0) is 14.6. The summed E-state index contributed by atoms with van der Waals surface area (Å²) in [5, 5.41) is 3.83. The molecule has 1 aromatic rings. The average molecular weight is 385 g/mol. The van der Waals surface area contributed by atoms with E-state index in [9.17, 15) is 0 Å². The van der Waals surface area contributed by atoms with Gasteiger partial charge in [-0.05, 0) is 83.8 Å². The van der Waals surface area contributed by atoms with Crippen molar-refractivity contribution in [1.29, 1.82) is 0 Å². The SMILES string of the molecule is CCCNC(Cc1ccc(I)cc1)C1CCCC1(C)C. The Morgan fingerprint density at radius 3 is 2.55 bits per heavy atom. The molecule has 0 spiro atoms. The summed E-state index contributed by atoms with van der Waals surface area (Å²) in [4.78, 5) is 0. The third-order valence-corrected chi connectivity index (χ3v) is 5.57. The Kier molecular flexibility index (Phi) is 5.91. The van der Waals surface area contributed by atoms with Gasteiger partial charge in [-0.3, -0.25) is 0 Å². The van der Waals surface area contributed by atoms with Gasteiger partial charge < -0.3 is 5.32 Å². The second-order valence-corrected chi connectivity index (χ2v) is 8.12. The molecule has 2 atom stereocenters. The molecule has 112 valence electrons. The molecule has 0 heterocycles. The summed E-state index contributed by atoms with van der Waals surface area (Å²) in [5.41, 5.74) is 1.97. The zero-order valence-corrected chi connectivity index (χ0v) is 15.2. The standard InChI is InChI=1S/C18H28IN/c1-4-12-20-17(16-6-5-11-18(16,2)3)13-14-7-9-15(19)10-8-14/h7-10,16-17,20H,4-6,11-13H2,1-3H3. The van der Waals surface area contributed by atoms with E-state index in [0.717, 1.165) is 12.5 Å². The molecule has 1 aliphatic carbocycles. The minimum absolute atomic E-state index is 0.495. The molecule has 1 saturated carbocycles. The molecule has 0 radical (unpaired) electrons. The first-order chi connectivity index (χ1) is 9.53. The Morgan fingerprint density at radius 1 is 1.30 bits per heavy atom. The number of hydrogen-bond donors (Lipinski definition) is 1. The summed E-state index contributed by atoms with van der Waals surface area (Å²) in [7, 11) is 0. The van der Waals surface area contributed by atoms with Crippen LogP contribution in [0.4, 0.5) is 0 Å². The van der Waals surface area contributed by atoms with E-state index in [1.807, 2.05) is 0 Å². The van der Waals surface area contributed by atoms with Crippen LogP contribution in [-0.4, -0.2) is 12.6 Å². The third kappa shape index (κ3) is 4.20. The molecule has 2 rings (SSSR count). The van der Waals surface area contributed by atoms with Crippen LogP contribution in [0.15, 0.2) is 24.3 Å². The van der Waals surface area contributed by atoms with Gasteiger partial charge in [-0.25, -0.2) is 0 Å². The molecule has 1 fully saturated rings. The van der Waals surface area contributed by atoms with E-state index < -0.39 is 0 Å². The highest BCUT2D eigenvalue weighted by Gasteiger charge is 2.39. The molecule has 2 heteroatoms. The van der Waals surface area contributed by atoms with Crippen LogP contribution in [0.5, 0.6) is 0 Å². The van der Waals surface area contributed by atoms with E-state index in [1.165, 1.54) is 41.2 Å². The van der Waals surface area contributed by atoms with Gasteiger partial charge in [-0.1, -0.05) is 39.3 Å². The van der Waals surface area contributed by atoms with Gasteiger partial charge in [0.2, 0.25) is 0 Å². The first kappa shape index (κ1) is 16.3. The van der Waals surface area contributed by atoms with Crippen LogP contribution in [0.3, 0.4) is 0 Å². The molecule has 20 heavy (non-hydrogen) atoms. The number of hydrogen-bond acceptors (Lipinski definition) is 1. The van der Waals surface area contributed by atoms with Crippen molar-refractivity contribution in [3.8, 4) is 0 Å². The predicted molar refractivity (Wildman–Crippen MR) is 96.1 cm³/mol. The molecule has 0 bridgehead atoms. The Labute approximate surface area is 138 Å². The van der Waals surface area contributed by atoms with Crippen molar-refractivity contribution in [1.82, 2.24) is 5.32 Å². The van der Waals surface area contributed by atoms with Crippen molar-refractivity contribution in [3.63, 3.8) is 0 Å². The molecule has 1 nitrogen and oxygen atoms in total. The van der Waals surface area contributed by atoms with Crippen LogP contribution in [-0.2, 0) is 6.42 Å². The van der Waals surface area contributed by atoms with E-state index in [0.29, 0.717) is 11.5 Å². The third-order valence-electron chi connectivity index (χ3n) is 4.85. The molecule has 0 saturated heterocycles. The summed E-state index contributed by atoms with van der Waals surface area (Å²) in [6, 6.07) is 9.68. The fourth-order valence-corrected chi connectivity index (χ4v) is 4.02. The quantitative estimate of drug-likeness (QED) is 0.678. The number of rotatable bonds is 6. The Morgan fingerprint density at radius 2 is 2.00 bits per heavy atom.